The van der Waals surface area contributed by atoms with Gasteiger partial charge in [0.15, 0.2) is 5.58 Å². The van der Waals surface area contributed by atoms with Crippen LogP contribution in [0.3, 0.4) is 0 Å². The molecule has 4 heteroatoms. The van der Waals surface area contributed by atoms with Crippen LogP contribution < -0.4 is 0 Å². The molecule has 2 aromatic carbocycles. The van der Waals surface area contributed by atoms with Gasteiger partial charge in [-0.15, -0.1) is 0 Å². The number of hydrogen-bond donors (Lipinski definition) is 0. The average Bonchev–Trinajstić information content (AvgIpc) is 3.14. The molecule has 1 unspecified atom stereocenters. The van der Waals surface area contributed by atoms with Gasteiger partial charge in [0.2, 0.25) is 0 Å². The van der Waals surface area contributed by atoms with Crippen molar-refractivity contribution in [3.05, 3.63) is 65.6 Å². The zero-order valence-corrected chi connectivity index (χ0v) is 12.2. The van der Waals surface area contributed by atoms with Gasteiger partial charge in [-0.2, -0.15) is 0 Å². The molecule has 1 aromatic heterocycles. The van der Waals surface area contributed by atoms with Crippen LogP contribution in [0.5, 0.6) is 0 Å². The van der Waals surface area contributed by atoms with E-state index >= 15 is 0 Å². The molecule has 0 saturated carbocycles. The van der Waals surface area contributed by atoms with Gasteiger partial charge in [0.05, 0.1) is 5.69 Å². The van der Waals surface area contributed by atoms with E-state index in [1.807, 2.05) is 6.07 Å². The Kier molecular flexibility index (Phi) is 3.39. The summed E-state index contributed by atoms with van der Waals surface area (Å²) in [4.78, 5) is 2.43. The van der Waals surface area contributed by atoms with Gasteiger partial charge in [-0.05, 0) is 30.7 Å². The highest BCUT2D eigenvalue weighted by atomic mass is 19.1. The maximum absolute atomic E-state index is 13.2. The van der Waals surface area contributed by atoms with Crippen molar-refractivity contribution >= 4 is 11.0 Å². The summed E-state index contributed by atoms with van der Waals surface area (Å²) < 4.78 is 18.5. The fourth-order valence-electron chi connectivity index (χ4n) is 3.27. The second kappa shape index (κ2) is 5.54. The normalized spacial score (nSPS) is 19.0. The van der Waals surface area contributed by atoms with Crippen molar-refractivity contribution < 1.29 is 8.91 Å². The number of halogens is 1. The van der Waals surface area contributed by atoms with Gasteiger partial charge in [0.25, 0.3) is 0 Å². The molecule has 112 valence electrons. The number of nitrogens with zero attached hydrogens (tertiary/aromatic N) is 2. The molecule has 22 heavy (non-hydrogen) atoms. The van der Waals surface area contributed by atoms with Crippen molar-refractivity contribution in [1.29, 1.82) is 0 Å². The van der Waals surface area contributed by atoms with Gasteiger partial charge in [0, 0.05) is 30.5 Å². The van der Waals surface area contributed by atoms with Gasteiger partial charge in [0.1, 0.15) is 5.82 Å². The van der Waals surface area contributed by atoms with Crippen LogP contribution in [0.2, 0.25) is 0 Å². The lowest BCUT2D eigenvalue weighted by Gasteiger charge is -2.15. The summed E-state index contributed by atoms with van der Waals surface area (Å²) >= 11 is 0. The van der Waals surface area contributed by atoms with E-state index in [0.717, 1.165) is 37.1 Å². The number of rotatable bonds is 3. The molecular formula is C18H17FN2O. The molecule has 4 rings (SSSR count). The van der Waals surface area contributed by atoms with Gasteiger partial charge in [-0.3, -0.25) is 4.90 Å². The summed E-state index contributed by atoms with van der Waals surface area (Å²) in [6.45, 7) is 2.98. The van der Waals surface area contributed by atoms with Crippen molar-refractivity contribution in [2.24, 2.45) is 0 Å². The maximum atomic E-state index is 13.2. The summed E-state index contributed by atoms with van der Waals surface area (Å²) in [5.74, 6) is 0.0720. The molecule has 1 aliphatic heterocycles. The van der Waals surface area contributed by atoms with Crippen LogP contribution >= 0.6 is 0 Å². The van der Waals surface area contributed by atoms with E-state index in [4.69, 9.17) is 4.52 Å². The molecule has 0 radical (unpaired) electrons. The standard InChI is InChI=1S/C18H17FN2O/c19-15-6-7-16-17(10-15)22-20-18(16)14-8-9-21(12-14)11-13-4-2-1-3-5-13/h1-7,10,14H,8-9,11-12H2. The Labute approximate surface area is 128 Å². The van der Waals surface area contributed by atoms with Crippen LogP contribution in [-0.2, 0) is 6.54 Å². The van der Waals surface area contributed by atoms with Crippen LogP contribution in [0.15, 0.2) is 53.1 Å². The molecule has 0 amide bonds. The van der Waals surface area contributed by atoms with Crippen molar-refractivity contribution in [2.75, 3.05) is 13.1 Å². The van der Waals surface area contributed by atoms with E-state index in [9.17, 15) is 4.39 Å². The summed E-state index contributed by atoms with van der Waals surface area (Å²) in [5, 5.41) is 5.13. The van der Waals surface area contributed by atoms with Crippen LogP contribution in [0.25, 0.3) is 11.0 Å². The average molecular weight is 296 g/mol. The zero-order valence-electron chi connectivity index (χ0n) is 12.2. The van der Waals surface area contributed by atoms with E-state index < -0.39 is 0 Å². The largest absolute Gasteiger partial charge is 0.356 e. The first kappa shape index (κ1) is 13.5. The van der Waals surface area contributed by atoms with Gasteiger partial charge in [-0.1, -0.05) is 35.5 Å². The molecule has 1 atom stereocenters. The first-order valence-corrected chi connectivity index (χ1v) is 7.61. The van der Waals surface area contributed by atoms with E-state index in [0.29, 0.717) is 11.5 Å². The minimum absolute atomic E-state index is 0.285. The second-order valence-electron chi connectivity index (χ2n) is 5.91. The topological polar surface area (TPSA) is 29.3 Å². The lowest BCUT2D eigenvalue weighted by atomic mass is 10.0. The quantitative estimate of drug-likeness (QED) is 0.732. The monoisotopic (exact) mass is 296 g/mol. The van der Waals surface area contributed by atoms with Crippen LogP contribution in [-0.4, -0.2) is 23.1 Å². The third kappa shape index (κ3) is 2.50. The number of hydrogen-bond acceptors (Lipinski definition) is 3. The molecule has 0 aliphatic carbocycles. The van der Waals surface area contributed by atoms with Gasteiger partial charge in [-0.25, -0.2) is 4.39 Å². The molecule has 2 heterocycles. The Balaban J connectivity index is 1.52. The lowest BCUT2D eigenvalue weighted by Crippen LogP contribution is -2.19. The fraction of sp³-hybridized carbons (Fsp3) is 0.278. The van der Waals surface area contributed by atoms with E-state index in [1.54, 1.807) is 6.07 Å². The summed E-state index contributed by atoms with van der Waals surface area (Å²) in [5.41, 5.74) is 2.83. The van der Waals surface area contributed by atoms with E-state index in [2.05, 4.69) is 34.3 Å². The van der Waals surface area contributed by atoms with E-state index in [1.165, 1.54) is 17.7 Å². The smallest absolute Gasteiger partial charge is 0.170 e. The fourth-order valence-corrected chi connectivity index (χ4v) is 3.27. The van der Waals surface area contributed by atoms with Gasteiger partial charge < -0.3 is 4.52 Å². The number of fused-ring (bicyclic) bond motifs is 1. The molecule has 0 spiro atoms. The Morgan fingerprint density at radius 3 is 2.91 bits per heavy atom. The van der Waals surface area contributed by atoms with Crippen molar-refractivity contribution in [2.45, 2.75) is 18.9 Å². The predicted molar refractivity (Wildman–Crippen MR) is 83.0 cm³/mol. The SMILES string of the molecule is Fc1ccc2c(C3CCN(Cc4ccccc4)C3)noc2c1. The highest BCUT2D eigenvalue weighted by Crippen LogP contribution is 2.32. The molecule has 1 fully saturated rings. The van der Waals surface area contributed by atoms with Crippen molar-refractivity contribution in [3.63, 3.8) is 0 Å². The Morgan fingerprint density at radius 2 is 2.05 bits per heavy atom. The molecule has 0 bridgehead atoms. The highest BCUT2D eigenvalue weighted by molar-refractivity contribution is 5.80. The first-order chi connectivity index (χ1) is 10.8. The van der Waals surface area contributed by atoms with E-state index in [-0.39, 0.29) is 5.82 Å². The number of aromatic nitrogens is 1. The number of benzene rings is 2. The summed E-state index contributed by atoms with van der Waals surface area (Å²) in [6.07, 6.45) is 1.06. The third-order valence-corrected chi connectivity index (χ3v) is 4.37. The highest BCUT2D eigenvalue weighted by Gasteiger charge is 2.27. The minimum atomic E-state index is -0.285. The molecular weight excluding hydrogens is 279 g/mol. The van der Waals surface area contributed by atoms with Gasteiger partial charge >= 0.3 is 0 Å². The Hall–Kier alpha value is -2.20. The maximum Gasteiger partial charge on any atom is 0.170 e. The molecule has 0 N–H and O–H groups in total. The number of likely N-dealkylation sites (tertiary alicyclic amines) is 1. The molecule has 3 aromatic rings. The summed E-state index contributed by atoms with van der Waals surface area (Å²) in [7, 11) is 0. The first-order valence-electron chi connectivity index (χ1n) is 7.61. The molecule has 1 saturated heterocycles. The van der Waals surface area contributed by atoms with Crippen LogP contribution in [0.4, 0.5) is 4.39 Å². The predicted octanol–water partition coefficient (Wildman–Crippen LogP) is 3.96. The Morgan fingerprint density at radius 1 is 1.18 bits per heavy atom. The van der Waals surface area contributed by atoms with Crippen molar-refractivity contribution in [1.82, 2.24) is 10.1 Å². The van der Waals surface area contributed by atoms with Crippen LogP contribution in [0, 0.1) is 5.82 Å². The lowest BCUT2D eigenvalue weighted by molar-refractivity contribution is 0.325. The van der Waals surface area contributed by atoms with Crippen LogP contribution in [0.1, 0.15) is 23.6 Å². The minimum Gasteiger partial charge on any atom is -0.356 e. The van der Waals surface area contributed by atoms with Crippen molar-refractivity contribution in [3.8, 4) is 0 Å². The third-order valence-electron chi connectivity index (χ3n) is 4.37. The summed E-state index contributed by atoms with van der Waals surface area (Å²) in [6, 6.07) is 15.1. The zero-order chi connectivity index (χ0) is 14.9. The Bertz CT molecular complexity index is 784. The molecule has 1 aliphatic rings. The molecule has 3 nitrogen and oxygen atoms in total. The second-order valence-corrected chi connectivity index (χ2v) is 5.91.